The Bertz CT molecular complexity index is 358. The number of nitrogens with zero attached hydrogens (tertiary/aromatic N) is 1. The van der Waals surface area contributed by atoms with E-state index in [9.17, 15) is 13.6 Å². The van der Waals surface area contributed by atoms with Gasteiger partial charge < -0.3 is 0 Å². The Hall–Kier alpha value is -1.25. The monoisotopic (exact) mass is 217 g/mol. The van der Waals surface area contributed by atoms with Crippen LogP contribution >= 0.6 is 11.6 Å². The van der Waals surface area contributed by atoms with Crippen LogP contribution in [0.5, 0.6) is 0 Å². The lowest BCUT2D eigenvalue weighted by Gasteiger charge is -2.12. The molecular formula is C9H6ClF2NO. The van der Waals surface area contributed by atoms with Crippen molar-refractivity contribution in [2.45, 2.75) is 5.92 Å². The first-order valence-electron chi connectivity index (χ1n) is 3.74. The van der Waals surface area contributed by atoms with Gasteiger partial charge in [-0.15, -0.1) is 0 Å². The van der Waals surface area contributed by atoms with Gasteiger partial charge in [-0.2, -0.15) is 13.8 Å². The summed E-state index contributed by atoms with van der Waals surface area (Å²) < 4.78 is 26.3. The summed E-state index contributed by atoms with van der Waals surface area (Å²) in [4.78, 5) is 12.5. The third-order valence-corrected chi connectivity index (χ3v) is 1.86. The van der Waals surface area contributed by atoms with Crippen molar-refractivity contribution in [2.75, 3.05) is 6.54 Å². The Labute approximate surface area is 84.2 Å². The molecular weight excluding hydrogens is 212 g/mol. The van der Waals surface area contributed by atoms with E-state index in [1.54, 1.807) is 0 Å². The van der Waals surface area contributed by atoms with Crippen LogP contribution in [-0.2, 0) is 10.7 Å². The van der Waals surface area contributed by atoms with E-state index in [0.717, 1.165) is 6.08 Å². The van der Waals surface area contributed by atoms with Gasteiger partial charge in [0, 0.05) is 10.6 Å². The molecule has 74 valence electrons. The molecule has 2 nitrogen and oxygen atoms in total. The zero-order valence-electron chi connectivity index (χ0n) is 7.01. The molecule has 0 spiro atoms. The fourth-order valence-electron chi connectivity index (χ4n) is 0.917. The van der Waals surface area contributed by atoms with Crippen molar-refractivity contribution in [3.63, 3.8) is 0 Å². The van der Waals surface area contributed by atoms with Crippen LogP contribution in [0.3, 0.4) is 0 Å². The third kappa shape index (κ3) is 2.62. The van der Waals surface area contributed by atoms with Crippen LogP contribution < -0.4 is 0 Å². The summed E-state index contributed by atoms with van der Waals surface area (Å²) in [5.41, 5.74) is -0.221. The summed E-state index contributed by atoms with van der Waals surface area (Å²) in [6.45, 7) is -0.891. The molecule has 0 amide bonds. The number of isocyanates is 1. The molecule has 5 heteroatoms. The highest BCUT2D eigenvalue weighted by Gasteiger charge is 2.30. The van der Waals surface area contributed by atoms with Crippen LogP contribution in [0.15, 0.2) is 29.3 Å². The number of benzene rings is 1. The Morgan fingerprint density at radius 2 is 1.93 bits per heavy atom. The molecule has 0 unspecified atom stereocenters. The topological polar surface area (TPSA) is 29.4 Å². The highest BCUT2D eigenvalue weighted by atomic mass is 35.5. The maximum Gasteiger partial charge on any atom is 0.293 e. The molecule has 0 saturated carbocycles. The lowest BCUT2D eigenvalue weighted by Crippen LogP contribution is -2.17. The van der Waals surface area contributed by atoms with Crippen molar-refractivity contribution >= 4 is 17.7 Å². The van der Waals surface area contributed by atoms with E-state index in [1.807, 2.05) is 0 Å². The smallest absolute Gasteiger partial charge is 0.211 e. The van der Waals surface area contributed by atoms with E-state index in [2.05, 4.69) is 4.99 Å². The van der Waals surface area contributed by atoms with Crippen molar-refractivity contribution < 1.29 is 13.6 Å². The molecule has 0 radical (unpaired) electrons. The SMILES string of the molecule is O=C=NCC(F)(F)c1ccc(Cl)cc1. The van der Waals surface area contributed by atoms with Crippen LogP contribution in [0.4, 0.5) is 8.78 Å². The number of hydrogen-bond acceptors (Lipinski definition) is 2. The van der Waals surface area contributed by atoms with E-state index >= 15 is 0 Å². The van der Waals surface area contributed by atoms with E-state index in [0.29, 0.717) is 5.02 Å². The van der Waals surface area contributed by atoms with Gasteiger partial charge in [0.1, 0.15) is 6.54 Å². The largest absolute Gasteiger partial charge is 0.293 e. The number of aliphatic imine (C=N–C) groups is 1. The average Bonchev–Trinajstić information content (AvgIpc) is 2.16. The Morgan fingerprint density at radius 1 is 1.36 bits per heavy atom. The molecule has 0 bridgehead atoms. The summed E-state index contributed by atoms with van der Waals surface area (Å²) >= 11 is 5.54. The number of carbonyl (C=O) groups excluding carboxylic acids is 1. The van der Waals surface area contributed by atoms with Gasteiger partial charge >= 0.3 is 0 Å². The summed E-state index contributed by atoms with van der Waals surface area (Å²) in [7, 11) is 0. The summed E-state index contributed by atoms with van der Waals surface area (Å²) in [6, 6.07) is 5.11. The molecule has 0 aliphatic heterocycles. The van der Waals surface area contributed by atoms with Crippen molar-refractivity contribution in [3.05, 3.63) is 34.9 Å². The Balaban J connectivity index is 2.91. The summed E-state index contributed by atoms with van der Waals surface area (Å²) in [5.74, 6) is -3.15. The van der Waals surface area contributed by atoms with Crippen molar-refractivity contribution in [2.24, 2.45) is 4.99 Å². The molecule has 0 heterocycles. The molecule has 14 heavy (non-hydrogen) atoms. The Kier molecular flexibility index (Phi) is 3.33. The van der Waals surface area contributed by atoms with Gasteiger partial charge in [0.25, 0.3) is 5.92 Å². The highest BCUT2D eigenvalue weighted by Crippen LogP contribution is 2.28. The predicted octanol–water partition coefficient (Wildman–Crippen LogP) is 2.77. The first-order chi connectivity index (χ1) is 6.56. The fourth-order valence-corrected chi connectivity index (χ4v) is 1.04. The second-order valence-electron chi connectivity index (χ2n) is 2.62. The molecule has 0 atom stereocenters. The van der Waals surface area contributed by atoms with E-state index < -0.39 is 12.5 Å². The molecule has 1 aromatic carbocycles. The minimum Gasteiger partial charge on any atom is -0.211 e. The quantitative estimate of drug-likeness (QED) is 0.566. The lowest BCUT2D eigenvalue weighted by atomic mass is 10.1. The summed E-state index contributed by atoms with van der Waals surface area (Å²) in [5, 5.41) is 0.378. The van der Waals surface area contributed by atoms with Gasteiger partial charge in [0.05, 0.1) is 0 Å². The van der Waals surface area contributed by atoms with Crippen molar-refractivity contribution in [1.29, 1.82) is 0 Å². The molecule has 0 aliphatic rings. The molecule has 1 aromatic rings. The van der Waals surface area contributed by atoms with Gasteiger partial charge in [0.15, 0.2) is 0 Å². The highest BCUT2D eigenvalue weighted by molar-refractivity contribution is 6.30. The zero-order valence-corrected chi connectivity index (χ0v) is 7.76. The van der Waals surface area contributed by atoms with E-state index in [-0.39, 0.29) is 5.56 Å². The van der Waals surface area contributed by atoms with Crippen LogP contribution in [0, 0.1) is 0 Å². The molecule has 1 rings (SSSR count). The predicted molar refractivity (Wildman–Crippen MR) is 48.3 cm³/mol. The normalized spacial score (nSPS) is 10.8. The van der Waals surface area contributed by atoms with Gasteiger partial charge in [0.2, 0.25) is 6.08 Å². The first-order valence-corrected chi connectivity index (χ1v) is 4.11. The maximum absolute atomic E-state index is 13.2. The molecule has 0 aromatic heterocycles. The maximum atomic E-state index is 13.2. The van der Waals surface area contributed by atoms with Crippen LogP contribution in [0.25, 0.3) is 0 Å². The number of hydrogen-bond donors (Lipinski definition) is 0. The van der Waals surface area contributed by atoms with Gasteiger partial charge in [-0.05, 0) is 12.1 Å². The van der Waals surface area contributed by atoms with Crippen LogP contribution in [0.2, 0.25) is 5.02 Å². The van der Waals surface area contributed by atoms with Gasteiger partial charge in [-0.1, -0.05) is 23.7 Å². The molecule has 0 aliphatic carbocycles. The van der Waals surface area contributed by atoms with Gasteiger partial charge in [-0.25, -0.2) is 4.79 Å². The van der Waals surface area contributed by atoms with Crippen molar-refractivity contribution in [3.8, 4) is 0 Å². The second-order valence-corrected chi connectivity index (χ2v) is 3.06. The third-order valence-electron chi connectivity index (χ3n) is 1.61. The van der Waals surface area contributed by atoms with Crippen molar-refractivity contribution in [1.82, 2.24) is 0 Å². The number of halogens is 3. The molecule has 0 saturated heterocycles. The van der Waals surface area contributed by atoms with E-state index in [4.69, 9.17) is 11.6 Å². The van der Waals surface area contributed by atoms with Crippen LogP contribution in [-0.4, -0.2) is 12.6 Å². The Morgan fingerprint density at radius 3 is 2.43 bits per heavy atom. The lowest BCUT2D eigenvalue weighted by molar-refractivity contribution is 0.00655. The number of rotatable bonds is 3. The minimum atomic E-state index is -3.15. The standard InChI is InChI=1S/C9H6ClF2NO/c10-8-3-1-7(2-4-8)9(11,12)5-13-6-14/h1-4H,5H2. The second kappa shape index (κ2) is 4.31. The zero-order chi connectivity index (χ0) is 10.6. The number of alkyl halides is 2. The van der Waals surface area contributed by atoms with E-state index in [1.165, 1.54) is 24.3 Å². The first kappa shape index (κ1) is 10.8. The minimum absolute atomic E-state index is 0.221. The van der Waals surface area contributed by atoms with Gasteiger partial charge in [-0.3, -0.25) is 0 Å². The molecule has 0 fully saturated rings. The summed E-state index contributed by atoms with van der Waals surface area (Å²) in [6.07, 6.45) is 1.07. The average molecular weight is 218 g/mol. The molecule has 0 N–H and O–H groups in total. The fraction of sp³-hybridized carbons (Fsp3) is 0.222. The van der Waals surface area contributed by atoms with Crippen LogP contribution in [0.1, 0.15) is 5.56 Å².